The standard InChI is InChI=1S/C26H25ClFN5O3/c27-20-10-22(21(28)9-18(20)14-1-4-25(31-11-14)36-17-5-6-29-12-17)32-26(35)33-16-2-3-23(33)19-13-30-24(34)8-15(19)7-16/h1,4,8-11,13,16-17,23,29H,2-3,5-7,12H2,(H,30,34)(H,32,35)/t16-,17?,23+/m0/s1. The molecule has 8 nitrogen and oxygen atoms in total. The number of halogens is 2. The average Bonchev–Trinajstić information content (AvgIpc) is 3.48. The van der Waals surface area contributed by atoms with Gasteiger partial charge in [0.25, 0.3) is 0 Å². The van der Waals surface area contributed by atoms with Gasteiger partial charge in [0, 0.05) is 48.2 Å². The monoisotopic (exact) mass is 509 g/mol. The van der Waals surface area contributed by atoms with Crippen LogP contribution in [0.5, 0.6) is 5.88 Å². The molecule has 2 saturated heterocycles. The van der Waals surface area contributed by atoms with Crippen molar-refractivity contribution in [2.45, 2.75) is 43.9 Å². The van der Waals surface area contributed by atoms with Gasteiger partial charge in [-0.3, -0.25) is 4.79 Å². The van der Waals surface area contributed by atoms with E-state index in [0.29, 0.717) is 28.5 Å². The second-order valence-corrected chi connectivity index (χ2v) is 9.90. The Morgan fingerprint density at radius 1 is 1.22 bits per heavy atom. The number of rotatable bonds is 4. The van der Waals surface area contributed by atoms with E-state index in [1.54, 1.807) is 35.5 Å². The molecule has 186 valence electrons. The molecule has 6 rings (SSSR count). The molecule has 2 amide bonds. The fourth-order valence-corrected chi connectivity index (χ4v) is 5.79. The topological polar surface area (TPSA) is 99.3 Å². The largest absolute Gasteiger partial charge is 0.473 e. The van der Waals surface area contributed by atoms with Crippen LogP contribution in [0.4, 0.5) is 14.9 Å². The van der Waals surface area contributed by atoms with Crippen LogP contribution >= 0.6 is 11.6 Å². The molecule has 1 unspecified atom stereocenters. The molecule has 0 spiro atoms. The van der Waals surface area contributed by atoms with Crippen LogP contribution in [-0.2, 0) is 6.42 Å². The number of carbonyl (C=O) groups excluding carboxylic acids is 1. The number of carbonyl (C=O) groups is 1. The van der Waals surface area contributed by atoms with Crippen molar-refractivity contribution in [1.29, 1.82) is 0 Å². The van der Waals surface area contributed by atoms with Crippen molar-refractivity contribution >= 4 is 23.3 Å². The van der Waals surface area contributed by atoms with Crippen LogP contribution < -0.4 is 20.9 Å². The average molecular weight is 510 g/mol. The lowest BCUT2D eigenvalue weighted by Gasteiger charge is -2.36. The number of fused-ring (bicyclic) bond motifs is 4. The maximum atomic E-state index is 15.1. The van der Waals surface area contributed by atoms with Gasteiger partial charge in [-0.25, -0.2) is 14.2 Å². The predicted octanol–water partition coefficient (Wildman–Crippen LogP) is 4.26. The van der Waals surface area contributed by atoms with Crippen LogP contribution in [0.1, 0.15) is 36.4 Å². The van der Waals surface area contributed by atoms with Gasteiger partial charge in [0.15, 0.2) is 0 Å². The molecule has 1 aromatic carbocycles. The van der Waals surface area contributed by atoms with E-state index in [1.165, 1.54) is 12.1 Å². The predicted molar refractivity (Wildman–Crippen MR) is 134 cm³/mol. The van der Waals surface area contributed by atoms with E-state index in [-0.39, 0.29) is 35.5 Å². The molecule has 3 aromatic rings. The van der Waals surface area contributed by atoms with Gasteiger partial charge >= 0.3 is 6.03 Å². The van der Waals surface area contributed by atoms with E-state index in [2.05, 4.69) is 20.6 Å². The van der Waals surface area contributed by atoms with E-state index in [9.17, 15) is 9.59 Å². The molecule has 3 N–H and O–H groups in total. The first-order chi connectivity index (χ1) is 17.5. The molecule has 0 aliphatic carbocycles. The summed E-state index contributed by atoms with van der Waals surface area (Å²) in [4.78, 5) is 33.7. The Morgan fingerprint density at radius 2 is 2.11 bits per heavy atom. The first-order valence-corrected chi connectivity index (χ1v) is 12.5. The van der Waals surface area contributed by atoms with Gasteiger partial charge in [0.2, 0.25) is 11.4 Å². The Kier molecular flexibility index (Phi) is 5.89. The first kappa shape index (κ1) is 23.0. The lowest BCUT2D eigenvalue weighted by molar-refractivity contribution is 0.179. The zero-order valence-electron chi connectivity index (χ0n) is 19.4. The maximum Gasteiger partial charge on any atom is 0.322 e. The molecular formula is C26H25ClFN5O3. The molecule has 5 heterocycles. The number of aromatic amines is 1. The minimum Gasteiger partial charge on any atom is -0.473 e. The second kappa shape index (κ2) is 9.22. The minimum atomic E-state index is -0.589. The summed E-state index contributed by atoms with van der Waals surface area (Å²) in [5, 5.41) is 6.24. The second-order valence-electron chi connectivity index (χ2n) is 9.50. The SMILES string of the molecule is O=C(Nc1cc(Cl)c(-c2ccc(OC3CCNC3)nc2)cc1F)N1[C@H]2CC[C@@H]1c1c[nH]c(=O)cc1C2. The van der Waals surface area contributed by atoms with Crippen molar-refractivity contribution < 1.29 is 13.9 Å². The summed E-state index contributed by atoms with van der Waals surface area (Å²) in [5.74, 6) is -0.0797. The molecule has 3 atom stereocenters. The molecule has 10 heteroatoms. The Balaban J connectivity index is 1.19. The highest BCUT2D eigenvalue weighted by Gasteiger charge is 2.43. The summed E-state index contributed by atoms with van der Waals surface area (Å²) >= 11 is 6.50. The molecule has 0 saturated carbocycles. The number of hydrogen-bond donors (Lipinski definition) is 3. The smallest absolute Gasteiger partial charge is 0.322 e. The van der Waals surface area contributed by atoms with Crippen molar-refractivity contribution in [2.24, 2.45) is 0 Å². The van der Waals surface area contributed by atoms with Crippen molar-refractivity contribution in [3.63, 3.8) is 0 Å². The molecule has 0 radical (unpaired) electrons. The summed E-state index contributed by atoms with van der Waals surface area (Å²) < 4.78 is 20.9. The Morgan fingerprint density at radius 3 is 2.89 bits per heavy atom. The summed E-state index contributed by atoms with van der Waals surface area (Å²) in [7, 11) is 0. The highest BCUT2D eigenvalue weighted by atomic mass is 35.5. The van der Waals surface area contributed by atoms with Gasteiger partial charge in [0.1, 0.15) is 11.9 Å². The number of ether oxygens (including phenoxy) is 1. The van der Waals surface area contributed by atoms with Crippen molar-refractivity contribution in [1.82, 2.24) is 20.2 Å². The van der Waals surface area contributed by atoms with Crippen LogP contribution in [-0.4, -0.2) is 46.1 Å². The van der Waals surface area contributed by atoms with Crippen molar-refractivity contribution in [3.8, 4) is 17.0 Å². The molecule has 36 heavy (non-hydrogen) atoms. The normalized spacial score (nSPS) is 22.4. The number of urea groups is 1. The van der Waals surface area contributed by atoms with Crippen molar-refractivity contribution in [2.75, 3.05) is 18.4 Å². The van der Waals surface area contributed by atoms with E-state index in [0.717, 1.165) is 43.5 Å². The van der Waals surface area contributed by atoms with Crippen molar-refractivity contribution in [3.05, 3.63) is 75.0 Å². The lowest BCUT2D eigenvalue weighted by atomic mass is 9.95. The van der Waals surface area contributed by atoms with Gasteiger partial charge in [0.05, 0.1) is 16.8 Å². The third-order valence-corrected chi connectivity index (χ3v) is 7.56. The van der Waals surface area contributed by atoms with E-state index < -0.39 is 5.82 Å². The number of hydrogen-bond acceptors (Lipinski definition) is 5. The highest BCUT2D eigenvalue weighted by molar-refractivity contribution is 6.33. The third kappa shape index (κ3) is 4.22. The zero-order chi connectivity index (χ0) is 24.8. The number of aromatic nitrogens is 2. The fourth-order valence-electron chi connectivity index (χ4n) is 5.51. The fraction of sp³-hybridized carbons (Fsp3) is 0.346. The van der Waals surface area contributed by atoms with Crippen LogP contribution in [0.2, 0.25) is 5.02 Å². The van der Waals surface area contributed by atoms with Gasteiger partial charge in [-0.15, -0.1) is 0 Å². The molecule has 2 fully saturated rings. The molecule has 3 aliphatic heterocycles. The third-order valence-electron chi connectivity index (χ3n) is 7.25. The quantitative estimate of drug-likeness (QED) is 0.488. The van der Waals surface area contributed by atoms with Gasteiger partial charge in [-0.05, 0) is 61.6 Å². The summed E-state index contributed by atoms with van der Waals surface area (Å²) in [6.45, 7) is 1.71. The molecular weight excluding hydrogens is 485 g/mol. The summed E-state index contributed by atoms with van der Waals surface area (Å²) in [6.07, 6.45) is 6.54. The minimum absolute atomic E-state index is 0.0158. The van der Waals surface area contributed by atoms with Crippen LogP contribution in [0.3, 0.4) is 0 Å². The lowest BCUT2D eigenvalue weighted by Crippen LogP contribution is -2.44. The van der Waals surface area contributed by atoms with Crippen LogP contribution in [0.15, 0.2) is 47.5 Å². The number of nitrogens with one attached hydrogen (secondary N) is 3. The zero-order valence-corrected chi connectivity index (χ0v) is 20.1. The van der Waals surface area contributed by atoms with Gasteiger partial charge in [-0.1, -0.05) is 11.6 Å². The van der Waals surface area contributed by atoms with E-state index in [1.807, 2.05) is 0 Å². The first-order valence-electron chi connectivity index (χ1n) is 12.1. The number of nitrogens with zero attached hydrogens (tertiary/aromatic N) is 2. The Hall–Kier alpha value is -3.43. The van der Waals surface area contributed by atoms with Gasteiger partial charge < -0.3 is 25.3 Å². The number of anilines is 1. The highest BCUT2D eigenvalue weighted by Crippen LogP contribution is 2.43. The Labute approximate surface area is 211 Å². The number of H-pyrrole nitrogens is 1. The maximum absolute atomic E-state index is 15.1. The molecule has 3 aliphatic rings. The summed E-state index contributed by atoms with van der Waals surface area (Å²) in [6, 6.07) is 7.30. The summed E-state index contributed by atoms with van der Waals surface area (Å²) in [5.41, 5.74) is 2.90. The number of benzene rings is 1. The van der Waals surface area contributed by atoms with Gasteiger partial charge in [-0.2, -0.15) is 0 Å². The Bertz CT molecular complexity index is 1370. The molecule has 2 aromatic heterocycles. The number of pyridine rings is 2. The van der Waals surface area contributed by atoms with Crippen LogP contribution in [0.25, 0.3) is 11.1 Å². The van der Waals surface area contributed by atoms with E-state index >= 15 is 4.39 Å². The molecule has 2 bridgehead atoms. The number of amides is 2. The van der Waals surface area contributed by atoms with E-state index in [4.69, 9.17) is 16.3 Å². The van der Waals surface area contributed by atoms with Crippen LogP contribution in [0, 0.1) is 5.82 Å².